The Kier molecular flexibility index (Phi) is 3.72. The standard InChI is InChI=1S/C21H19N3O4S/c25-19(22-14-2-3-16-17(10-14)28-8-7-27-16)13-1-4-18-15(9-13)23-20(29-18)24-6-5-21(24)11-26-12-21/h1-4,9-10H,5-8,11-12H2,(H,22,25). The van der Waals surface area contributed by atoms with E-state index in [9.17, 15) is 4.79 Å². The van der Waals surface area contributed by atoms with Crippen molar-refractivity contribution < 1.29 is 19.0 Å². The maximum Gasteiger partial charge on any atom is 0.255 e. The van der Waals surface area contributed by atoms with Gasteiger partial charge in [-0.3, -0.25) is 4.79 Å². The van der Waals surface area contributed by atoms with Crippen molar-refractivity contribution in [3.63, 3.8) is 0 Å². The molecule has 0 atom stereocenters. The lowest BCUT2D eigenvalue weighted by Gasteiger charge is -2.57. The van der Waals surface area contributed by atoms with E-state index < -0.39 is 0 Å². The zero-order chi connectivity index (χ0) is 19.4. The molecule has 0 radical (unpaired) electrons. The van der Waals surface area contributed by atoms with Crippen molar-refractivity contribution in [1.82, 2.24) is 4.98 Å². The lowest BCUT2D eigenvalue weighted by Crippen LogP contribution is -2.71. The average Bonchev–Trinajstić information content (AvgIpc) is 3.08. The van der Waals surface area contributed by atoms with Crippen LogP contribution in [0.25, 0.3) is 10.2 Å². The predicted molar refractivity (Wildman–Crippen MR) is 111 cm³/mol. The molecule has 1 N–H and O–H groups in total. The minimum Gasteiger partial charge on any atom is -0.486 e. The number of rotatable bonds is 3. The highest BCUT2D eigenvalue weighted by Crippen LogP contribution is 2.43. The van der Waals surface area contributed by atoms with Crippen LogP contribution in [0.1, 0.15) is 16.8 Å². The molecule has 0 saturated carbocycles. The summed E-state index contributed by atoms with van der Waals surface area (Å²) in [6.45, 7) is 3.64. The van der Waals surface area contributed by atoms with Crippen LogP contribution in [-0.4, -0.2) is 49.4 Å². The van der Waals surface area contributed by atoms with Gasteiger partial charge < -0.3 is 24.4 Å². The van der Waals surface area contributed by atoms with E-state index in [4.69, 9.17) is 19.2 Å². The van der Waals surface area contributed by atoms with E-state index in [0.717, 1.165) is 41.5 Å². The van der Waals surface area contributed by atoms with Gasteiger partial charge in [0.05, 0.1) is 29.0 Å². The molecule has 0 aliphatic carbocycles. The number of aromatic nitrogens is 1. The normalized spacial score (nSPS) is 19.0. The van der Waals surface area contributed by atoms with Gasteiger partial charge in [-0.05, 0) is 36.8 Å². The Morgan fingerprint density at radius 2 is 1.97 bits per heavy atom. The largest absolute Gasteiger partial charge is 0.486 e. The topological polar surface area (TPSA) is 72.9 Å². The van der Waals surface area contributed by atoms with Gasteiger partial charge in [-0.1, -0.05) is 11.3 Å². The van der Waals surface area contributed by atoms with Crippen LogP contribution in [0.15, 0.2) is 36.4 Å². The van der Waals surface area contributed by atoms with Crippen LogP contribution in [0.4, 0.5) is 10.8 Å². The minimum atomic E-state index is -0.175. The number of amides is 1. The number of carbonyl (C=O) groups is 1. The van der Waals surface area contributed by atoms with Gasteiger partial charge in [-0.2, -0.15) is 0 Å². The fourth-order valence-corrected chi connectivity index (χ4v) is 5.05. The molecule has 2 aromatic carbocycles. The molecule has 0 bridgehead atoms. The second-order valence-corrected chi connectivity index (χ2v) is 8.62. The van der Waals surface area contributed by atoms with Crippen molar-refractivity contribution in [2.24, 2.45) is 0 Å². The predicted octanol–water partition coefficient (Wildman–Crippen LogP) is 3.30. The Morgan fingerprint density at radius 1 is 1.10 bits per heavy atom. The quantitative estimate of drug-likeness (QED) is 0.716. The van der Waals surface area contributed by atoms with E-state index in [1.54, 1.807) is 17.4 Å². The number of hydrogen-bond donors (Lipinski definition) is 1. The van der Waals surface area contributed by atoms with Gasteiger partial charge in [0.2, 0.25) is 0 Å². The highest BCUT2D eigenvalue weighted by Gasteiger charge is 2.51. The first kappa shape index (κ1) is 17.1. The molecule has 1 aromatic heterocycles. The number of hydrogen-bond acceptors (Lipinski definition) is 7. The van der Waals surface area contributed by atoms with Crippen LogP contribution in [0.3, 0.4) is 0 Å². The summed E-state index contributed by atoms with van der Waals surface area (Å²) in [5, 5.41) is 3.94. The van der Waals surface area contributed by atoms with Crippen molar-refractivity contribution in [1.29, 1.82) is 0 Å². The molecule has 6 rings (SSSR count). The average molecular weight is 409 g/mol. The number of ether oxygens (including phenoxy) is 3. The number of thiazole rings is 1. The molecule has 1 spiro atoms. The summed E-state index contributed by atoms with van der Waals surface area (Å²) in [7, 11) is 0. The van der Waals surface area contributed by atoms with Crippen LogP contribution >= 0.6 is 11.3 Å². The summed E-state index contributed by atoms with van der Waals surface area (Å²) < 4.78 is 17.6. The van der Waals surface area contributed by atoms with Crippen LogP contribution in [0.5, 0.6) is 11.5 Å². The lowest BCUT2D eigenvalue weighted by atomic mass is 9.83. The Balaban J connectivity index is 1.23. The monoisotopic (exact) mass is 409 g/mol. The third-order valence-electron chi connectivity index (χ3n) is 5.78. The number of nitrogens with one attached hydrogen (secondary N) is 1. The Hall–Kier alpha value is -2.84. The molecule has 29 heavy (non-hydrogen) atoms. The smallest absolute Gasteiger partial charge is 0.255 e. The zero-order valence-corrected chi connectivity index (χ0v) is 16.5. The van der Waals surface area contributed by atoms with Gasteiger partial charge in [0, 0.05) is 23.9 Å². The van der Waals surface area contributed by atoms with Crippen molar-refractivity contribution in [2.45, 2.75) is 12.0 Å². The number of carbonyl (C=O) groups excluding carboxylic acids is 1. The molecule has 3 aromatic rings. The number of fused-ring (bicyclic) bond motifs is 2. The lowest BCUT2D eigenvalue weighted by molar-refractivity contribution is -0.0847. The molecule has 0 unspecified atom stereocenters. The molecule has 4 heterocycles. The molecular formula is C21H19N3O4S. The number of anilines is 2. The van der Waals surface area contributed by atoms with Crippen LogP contribution in [0.2, 0.25) is 0 Å². The molecule has 148 valence electrons. The molecule has 7 nitrogen and oxygen atoms in total. The number of nitrogens with zero attached hydrogens (tertiary/aromatic N) is 2. The highest BCUT2D eigenvalue weighted by molar-refractivity contribution is 7.22. The molecular weight excluding hydrogens is 390 g/mol. The molecule has 3 aliphatic rings. The van der Waals surface area contributed by atoms with E-state index >= 15 is 0 Å². The molecule has 3 aliphatic heterocycles. The minimum absolute atomic E-state index is 0.159. The van der Waals surface area contributed by atoms with E-state index in [0.29, 0.717) is 36.0 Å². The fraction of sp³-hybridized carbons (Fsp3) is 0.333. The highest BCUT2D eigenvalue weighted by atomic mass is 32.1. The summed E-state index contributed by atoms with van der Waals surface area (Å²) in [4.78, 5) is 19.9. The van der Waals surface area contributed by atoms with Crippen molar-refractivity contribution in [2.75, 3.05) is 43.2 Å². The fourth-order valence-electron chi connectivity index (χ4n) is 3.97. The molecule has 1 amide bonds. The Morgan fingerprint density at radius 3 is 2.72 bits per heavy atom. The maximum absolute atomic E-state index is 12.8. The van der Waals surface area contributed by atoms with Gasteiger partial charge in [-0.15, -0.1) is 0 Å². The first-order valence-electron chi connectivity index (χ1n) is 9.67. The first-order valence-corrected chi connectivity index (χ1v) is 10.5. The summed E-state index contributed by atoms with van der Waals surface area (Å²) in [5.74, 6) is 1.18. The summed E-state index contributed by atoms with van der Waals surface area (Å²) in [5.41, 5.74) is 2.26. The summed E-state index contributed by atoms with van der Waals surface area (Å²) in [6, 6.07) is 11.1. The van der Waals surface area contributed by atoms with Gasteiger partial charge in [-0.25, -0.2) is 4.98 Å². The van der Waals surface area contributed by atoms with Gasteiger partial charge in [0.1, 0.15) is 13.2 Å². The Bertz CT molecular complexity index is 1120. The Labute approximate surface area is 171 Å². The number of benzene rings is 2. The third kappa shape index (κ3) is 2.74. The van der Waals surface area contributed by atoms with Gasteiger partial charge in [0.15, 0.2) is 16.6 Å². The van der Waals surface area contributed by atoms with E-state index in [2.05, 4.69) is 10.2 Å². The third-order valence-corrected chi connectivity index (χ3v) is 6.84. The van der Waals surface area contributed by atoms with Crippen molar-refractivity contribution in [3.05, 3.63) is 42.0 Å². The van der Waals surface area contributed by atoms with Crippen LogP contribution < -0.4 is 19.7 Å². The SMILES string of the molecule is O=C(Nc1ccc2c(c1)OCCO2)c1ccc2sc(N3CCC34COC4)nc2c1. The van der Waals surface area contributed by atoms with E-state index in [-0.39, 0.29) is 11.4 Å². The second-order valence-electron chi connectivity index (χ2n) is 7.61. The first-order chi connectivity index (χ1) is 14.2. The van der Waals surface area contributed by atoms with E-state index in [1.807, 2.05) is 30.3 Å². The maximum atomic E-state index is 12.8. The van der Waals surface area contributed by atoms with Crippen LogP contribution in [-0.2, 0) is 4.74 Å². The van der Waals surface area contributed by atoms with Crippen molar-refractivity contribution in [3.8, 4) is 11.5 Å². The summed E-state index contributed by atoms with van der Waals surface area (Å²) >= 11 is 1.67. The zero-order valence-electron chi connectivity index (χ0n) is 15.6. The van der Waals surface area contributed by atoms with Gasteiger partial charge in [0.25, 0.3) is 5.91 Å². The van der Waals surface area contributed by atoms with Crippen molar-refractivity contribution >= 4 is 38.3 Å². The summed E-state index contributed by atoms with van der Waals surface area (Å²) in [6.07, 6.45) is 1.16. The molecule has 2 saturated heterocycles. The molecule has 2 fully saturated rings. The van der Waals surface area contributed by atoms with Gasteiger partial charge >= 0.3 is 0 Å². The second kappa shape index (κ2) is 6.33. The van der Waals surface area contributed by atoms with E-state index in [1.165, 1.54) is 0 Å². The van der Waals surface area contributed by atoms with Crippen LogP contribution in [0, 0.1) is 0 Å². The molecule has 8 heteroatoms.